The molecule has 32 heavy (non-hydrogen) atoms. The van der Waals surface area contributed by atoms with E-state index >= 15 is 0 Å². The van der Waals surface area contributed by atoms with Gasteiger partial charge in [0.15, 0.2) is 6.10 Å². The van der Waals surface area contributed by atoms with Crippen LogP contribution in [0.5, 0.6) is 5.75 Å². The molecule has 0 aromatic heterocycles. The van der Waals surface area contributed by atoms with Crippen molar-refractivity contribution in [1.82, 2.24) is 0 Å². The van der Waals surface area contributed by atoms with E-state index in [1.807, 2.05) is 48.5 Å². The maximum absolute atomic E-state index is 13.6. The zero-order valence-corrected chi connectivity index (χ0v) is 19.3. The van der Waals surface area contributed by atoms with E-state index in [-0.39, 0.29) is 5.91 Å². The zero-order valence-electron chi connectivity index (χ0n) is 16.9. The minimum absolute atomic E-state index is 0.308. The highest BCUT2D eigenvalue weighted by molar-refractivity contribution is 9.10. The van der Waals surface area contributed by atoms with Crippen LogP contribution >= 0.6 is 27.5 Å². The summed E-state index contributed by atoms with van der Waals surface area (Å²) in [5.41, 5.74) is 2.06. The number of amides is 2. The Morgan fingerprint density at radius 3 is 2.31 bits per heavy atom. The molecule has 6 nitrogen and oxygen atoms in total. The molecule has 2 aliphatic rings. The Labute approximate surface area is 198 Å². The number of para-hydroxylation sites is 1. The van der Waals surface area contributed by atoms with Crippen LogP contribution in [0.15, 0.2) is 77.3 Å². The topological polar surface area (TPSA) is 59.1 Å². The van der Waals surface area contributed by atoms with Crippen LogP contribution in [0.2, 0.25) is 5.02 Å². The molecule has 0 unspecified atom stereocenters. The number of anilines is 2. The molecule has 0 aliphatic carbocycles. The largest absolute Gasteiger partial charge is 0.496 e. The van der Waals surface area contributed by atoms with Gasteiger partial charge in [0.2, 0.25) is 5.91 Å². The number of benzene rings is 3. The van der Waals surface area contributed by atoms with Crippen LogP contribution < -0.4 is 14.7 Å². The summed E-state index contributed by atoms with van der Waals surface area (Å²) in [5, 5.41) is 2.19. The number of nitrogens with zero attached hydrogens (tertiary/aromatic N) is 2. The van der Waals surface area contributed by atoms with E-state index in [1.54, 1.807) is 36.4 Å². The van der Waals surface area contributed by atoms with Crippen LogP contribution in [0, 0.1) is 5.92 Å². The Morgan fingerprint density at radius 2 is 1.66 bits per heavy atom. The molecule has 8 heteroatoms. The molecule has 2 fully saturated rings. The molecular formula is C24H18BrClN2O4. The highest BCUT2D eigenvalue weighted by atomic mass is 79.9. The van der Waals surface area contributed by atoms with Gasteiger partial charge in [-0.25, -0.2) is 9.96 Å². The molecule has 3 aromatic rings. The van der Waals surface area contributed by atoms with E-state index in [1.165, 1.54) is 4.90 Å². The van der Waals surface area contributed by atoms with Crippen molar-refractivity contribution in [2.75, 3.05) is 17.1 Å². The number of rotatable bonds is 4. The highest BCUT2D eigenvalue weighted by Gasteiger charge is 2.60. The average Bonchev–Trinajstić information content (AvgIpc) is 3.31. The molecule has 2 saturated heterocycles. The molecule has 3 atom stereocenters. The number of imide groups is 1. The third kappa shape index (κ3) is 3.37. The van der Waals surface area contributed by atoms with Crippen molar-refractivity contribution in [2.24, 2.45) is 5.92 Å². The van der Waals surface area contributed by atoms with E-state index in [4.69, 9.17) is 21.2 Å². The summed E-state index contributed by atoms with van der Waals surface area (Å²) in [6, 6.07) is 21.2. The van der Waals surface area contributed by atoms with Gasteiger partial charge >= 0.3 is 0 Å². The fourth-order valence-electron chi connectivity index (χ4n) is 4.26. The lowest BCUT2D eigenvalue weighted by Crippen LogP contribution is -2.37. The van der Waals surface area contributed by atoms with Crippen molar-refractivity contribution in [3.05, 3.63) is 87.9 Å². The summed E-state index contributed by atoms with van der Waals surface area (Å²) >= 11 is 9.51. The maximum Gasteiger partial charge on any atom is 0.266 e. The van der Waals surface area contributed by atoms with Crippen molar-refractivity contribution in [3.63, 3.8) is 0 Å². The Kier molecular flexibility index (Phi) is 5.41. The summed E-state index contributed by atoms with van der Waals surface area (Å²) < 4.78 is 6.10. The Bertz CT molecular complexity index is 1190. The van der Waals surface area contributed by atoms with Gasteiger partial charge in [0, 0.05) is 5.02 Å². The fraction of sp³-hybridized carbons (Fsp3) is 0.167. The van der Waals surface area contributed by atoms with Crippen LogP contribution in [0.25, 0.3) is 0 Å². The van der Waals surface area contributed by atoms with Gasteiger partial charge in [-0.15, -0.1) is 0 Å². The van der Waals surface area contributed by atoms with Gasteiger partial charge in [-0.2, -0.15) is 0 Å². The number of hydroxylamine groups is 1. The third-order valence-corrected chi connectivity index (χ3v) is 6.60. The molecule has 0 radical (unpaired) electrons. The van der Waals surface area contributed by atoms with Crippen LogP contribution in [0.4, 0.5) is 11.4 Å². The lowest BCUT2D eigenvalue weighted by Gasteiger charge is -2.29. The summed E-state index contributed by atoms with van der Waals surface area (Å²) in [4.78, 5) is 34.2. The van der Waals surface area contributed by atoms with Crippen molar-refractivity contribution >= 4 is 50.7 Å². The second kappa shape index (κ2) is 8.24. The predicted molar refractivity (Wildman–Crippen MR) is 125 cm³/mol. The SMILES string of the molecule is COc1ccc([C@H]2[C@@H]3C(=O)N(c4ccc(Cl)cc4)C(=O)[C@H]3ON2c2ccccc2)cc1Br. The van der Waals surface area contributed by atoms with Gasteiger partial charge in [-0.1, -0.05) is 35.9 Å². The van der Waals surface area contributed by atoms with Gasteiger partial charge in [0.1, 0.15) is 11.7 Å². The van der Waals surface area contributed by atoms with Crippen LogP contribution in [0.1, 0.15) is 11.6 Å². The Balaban J connectivity index is 1.59. The minimum Gasteiger partial charge on any atom is -0.496 e. The third-order valence-electron chi connectivity index (χ3n) is 5.73. The normalized spacial score (nSPS) is 22.4. The smallest absolute Gasteiger partial charge is 0.266 e. The average molecular weight is 514 g/mol. The molecule has 0 N–H and O–H groups in total. The minimum atomic E-state index is -0.927. The van der Waals surface area contributed by atoms with Crippen LogP contribution in [-0.2, 0) is 14.4 Å². The molecule has 5 rings (SSSR count). The molecular weight excluding hydrogens is 496 g/mol. The van der Waals surface area contributed by atoms with Crippen LogP contribution in [-0.4, -0.2) is 25.0 Å². The number of carbonyl (C=O) groups excluding carboxylic acids is 2. The predicted octanol–water partition coefficient (Wildman–Crippen LogP) is 5.16. The van der Waals surface area contributed by atoms with Crippen LogP contribution in [0.3, 0.4) is 0 Å². The van der Waals surface area contributed by atoms with Crippen molar-refractivity contribution in [1.29, 1.82) is 0 Å². The molecule has 0 saturated carbocycles. The number of hydrogen-bond donors (Lipinski definition) is 0. The number of hydrogen-bond acceptors (Lipinski definition) is 5. The molecule has 0 spiro atoms. The summed E-state index contributed by atoms with van der Waals surface area (Å²) in [5.74, 6) is -0.734. The zero-order chi connectivity index (χ0) is 22.4. The molecule has 2 aliphatic heterocycles. The standard InChI is InChI=1S/C24H18BrClN2O4/c1-31-19-12-7-14(13-18(19)25)21-20-22(32-28(21)17-5-3-2-4-6-17)24(30)27(23(20)29)16-10-8-15(26)9-11-16/h2-13,20-22H,1H3/t20-,21-,22-/m0/s1. The fourth-order valence-corrected chi connectivity index (χ4v) is 4.95. The number of halogens is 2. The summed E-state index contributed by atoms with van der Waals surface area (Å²) in [7, 11) is 1.59. The van der Waals surface area contributed by atoms with Crippen molar-refractivity contribution < 1.29 is 19.2 Å². The number of carbonyl (C=O) groups is 2. The highest BCUT2D eigenvalue weighted by Crippen LogP contribution is 2.48. The van der Waals surface area contributed by atoms with Gasteiger partial charge in [0.25, 0.3) is 5.91 Å². The first kappa shape index (κ1) is 21.0. The van der Waals surface area contributed by atoms with Gasteiger partial charge < -0.3 is 4.74 Å². The second-order valence-corrected chi connectivity index (χ2v) is 8.83. The lowest BCUT2D eigenvalue weighted by atomic mass is 9.90. The first-order chi connectivity index (χ1) is 15.5. The van der Waals surface area contributed by atoms with Crippen molar-refractivity contribution in [3.8, 4) is 5.75 Å². The van der Waals surface area contributed by atoms with E-state index in [2.05, 4.69) is 15.9 Å². The number of ether oxygens (including phenoxy) is 1. The van der Waals surface area contributed by atoms with E-state index in [9.17, 15) is 9.59 Å². The van der Waals surface area contributed by atoms with E-state index in [0.29, 0.717) is 16.5 Å². The lowest BCUT2D eigenvalue weighted by molar-refractivity contribution is -0.126. The molecule has 3 aromatic carbocycles. The summed E-state index contributed by atoms with van der Waals surface area (Å²) in [6.45, 7) is 0. The van der Waals surface area contributed by atoms with E-state index < -0.39 is 24.0 Å². The Morgan fingerprint density at radius 1 is 0.938 bits per heavy atom. The number of fused-ring (bicyclic) bond motifs is 1. The van der Waals surface area contributed by atoms with Gasteiger partial charge in [-0.3, -0.25) is 14.4 Å². The Hall–Kier alpha value is -2.87. The van der Waals surface area contributed by atoms with Crippen molar-refractivity contribution in [2.45, 2.75) is 12.1 Å². The quantitative estimate of drug-likeness (QED) is 0.451. The molecule has 162 valence electrons. The molecule has 2 heterocycles. The van der Waals surface area contributed by atoms with Gasteiger partial charge in [0.05, 0.1) is 29.0 Å². The van der Waals surface area contributed by atoms with E-state index in [0.717, 1.165) is 15.7 Å². The van der Waals surface area contributed by atoms with Gasteiger partial charge in [-0.05, 0) is 70.0 Å². The second-order valence-electron chi connectivity index (χ2n) is 7.54. The molecule has 0 bridgehead atoms. The monoisotopic (exact) mass is 512 g/mol. The first-order valence-corrected chi connectivity index (χ1v) is 11.1. The first-order valence-electron chi connectivity index (χ1n) is 9.97. The summed E-state index contributed by atoms with van der Waals surface area (Å²) in [6.07, 6.45) is -0.927. The maximum atomic E-state index is 13.6. The number of methoxy groups -OCH3 is 1. The molecule has 2 amide bonds.